The molecule has 0 radical (unpaired) electrons. The first-order valence-corrected chi connectivity index (χ1v) is 16.0. The maximum absolute atomic E-state index is 12.3. The van der Waals surface area contributed by atoms with Crippen molar-refractivity contribution in [3.05, 3.63) is 58.1 Å². The maximum atomic E-state index is 12.3. The summed E-state index contributed by atoms with van der Waals surface area (Å²) in [6, 6.07) is 10.9. The number of nitrogens with zero attached hydrogens (tertiary/aromatic N) is 1. The van der Waals surface area contributed by atoms with Crippen LogP contribution in [-0.4, -0.2) is 68.6 Å². The van der Waals surface area contributed by atoms with E-state index in [0.717, 1.165) is 32.1 Å². The molecule has 5 N–H and O–H groups in total. The van der Waals surface area contributed by atoms with Crippen LogP contribution in [0.4, 0.5) is 5.69 Å². The average molecular weight is 606 g/mol. The second kappa shape index (κ2) is 11.8. The monoisotopic (exact) mass is 605 g/mol. The first kappa shape index (κ1) is 29.6. The first-order chi connectivity index (χ1) is 19.4. The number of aryl methyl sites for hydroxylation is 1. The van der Waals surface area contributed by atoms with Crippen molar-refractivity contribution >= 4 is 39.2 Å². The number of anilines is 1. The fourth-order valence-electron chi connectivity index (χ4n) is 6.60. The molecular formula is C29H36ClN3O7S. The zero-order valence-electron chi connectivity index (χ0n) is 22.7. The van der Waals surface area contributed by atoms with E-state index in [1.165, 1.54) is 11.1 Å². The standard InChI is InChI=1S/C29H36ClN3O7S/c30-21-5-7-23-18(12-21)2-1-9-29(23)16-33(24-13-19(28(36)37)4-8-26(24)40-17-29)15-20-3-6-22(20)25(34)14-27(35)32-10-11-41(31,38)39/h4-5,7-8,12-13,20,22,25,34H,1-3,6,9-11,14-17H2,(H,32,35)(H,36,37)(H2,31,38,39)/t20-,22+,25-,29-/m0/s1. The molecule has 41 heavy (non-hydrogen) atoms. The molecule has 0 saturated heterocycles. The van der Waals surface area contributed by atoms with Gasteiger partial charge in [-0.05, 0) is 85.4 Å². The number of halogens is 1. The van der Waals surface area contributed by atoms with E-state index in [4.69, 9.17) is 21.5 Å². The number of carboxylic acid groups (broad SMARTS) is 1. The van der Waals surface area contributed by atoms with Crippen molar-refractivity contribution in [1.82, 2.24) is 5.32 Å². The maximum Gasteiger partial charge on any atom is 0.335 e. The molecule has 1 spiro atoms. The number of ether oxygens (including phenoxy) is 1. The third-order valence-electron chi connectivity index (χ3n) is 8.81. The summed E-state index contributed by atoms with van der Waals surface area (Å²) in [4.78, 5) is 26.4. The number of carbonyl (C=O) groups excluding carboxylic acids is 1. The van der Waals surface area contributed by atoms with E-state index in [9.17, 15) is 28.2 Å². The lowest BCUT2D eigenvalue weighted by Gasteiger charge is -2.45. The predicted molar refractivity (Wildman–Crippen MR) is 155 cm³/mol. The number of aromatic carboxylic acids is 1. The third-order valence-corrected chi connectivity index (χ3v) is 9.82. The van der Waals surface area contributed by atoms with Gasteiger partial charge in [-0.25, -0.2) is 18.4 Å². The van der Waals surface area contributed by atoms with E-state index >= 15 is 0 Å². The molecule has 2 aromatic rings. The third kappa shape index (κ3) is 6.63. The van der Waals surface area contributed by atoms with Crippen molar-refractivity contribution in [2.75, 3.05) is 36.9 Å². The van der Waals surface area contributed by atoms with Gasteiger partial charge in [-0.3, -0.25) is 4.79 Å². The molecule has 5 rings (SSSR count). The minimum absolute atomic E-state index is 0.0759. The zero-order valence-corrected chi connectivity index (χ0v) is 24.3. The van der Waals surface area contributed by atoms with E-state index in [1.54, 1.807) is 18.2 Å². The van der Waals surface area contributed by atoms with Gasteiger partial charge in [0.05, 0.1) is 36.1 Å². The Morgan fingerprint density at radius 3 is 2.73 bits per heavy atom. The number of sulfonamides is 1. The molecular weight excluding hydrogens is 570 g/mol. The number of nitrogens with two attached hydrogens (primary N) is 1. The lowest BCUT2D eigenvalue weighted by molar-refractivity contribution is -0.124. The number of hydrogen-bond acceptors (Lipinski definition) is 7. The van der Waals surface area contributed by atoms with E-state index in [2.05, 4.69) is 16.3 Å². The minimum atomic E-state index is -3.69. The van der Waals surface area contributed by atoms with Gasteiger partial charge < -0.3 is 25.2 Å². The Bertz CT molecular complexity index is 1440. The van der Waals surface area contributed by atoms with Crippen LogP contribution >= 0.6 is 11.6 Å². The number of nitrogens with one attached hydrogen (secondary N) is 1. The van der Waals surface area contributed by atoms with Crippen LogP contribution in [-0.2, 0) is 26.7 Å². The summed E-state index contributed by atoms with van der Waals surface area (Å²) >= 11 is 6.33. The second-order valence-electron chi connectivity index (χ2n) is 11.6. The average Bonchev–Trinajstić information content (AvgIpc) is 3.02. The van der Waals surface area contributed by atoms with Crippen molar-refractivity contribution in [1.29, 1.82) is 0 Å². The van der Waals surface area contributed by atoms with Crippen LogP contribution in [0.2, 0.25) is 5.02 Å². The van der Waals surface area contributed by atoms with Gasteiger partial charge in [0.15, 0.2) is 0 Å². The Kier molecular flexibility index (Phi) is 8.52. The SMILES string of the molecule is NS(=O)(=O)CCNC(=O)C[C@H](O)[C@@H]1CC[C@H]1CN1C[C@@]2(CCCc3cc(Cl)ccc32)COc2ccc(C(=O)O)cc21. The van der Waals surface area contributed by atoms with Crippen molar-refractivity contribution in [3.63, 3.8) is 0 Å². The number of amides is 1. The number of aliphatic hydroxyl groups excluding tert-OH is 1. The highest BCUT2D eigenvalue weighted by Gasteiger charge is 2.44. The highest BCUT2D eigenvalue weighted by Crippen LogP contribution is 2.46. The van der Waals surface area contributed by atoms with Gasteiger partial charge in [0.1, 0.15) is 5.75 Å². The summed E-state index contributed by atoms with van der Waals surface area (Å²) in [6.07, 6.45) is 3.42. The largest absolute Gasteiger partial charge is 0.490 e. The molecule has 0 unspecified atom stereocenters. The molecule has 0 bridgehead atoms. The molecule has 10 nitrogen and oxygen atoms in total. The highest BCUT2D eigenvalue weighted by atomic mass is 35.5. The zero-order chi connectivity index (χ0) is 29.4. The van der Waals surface area contributed by atoms with Crippen LogP contribution < -0.4 is 20.1 Å². The lowest BCUT2D eigenvalue weighted by atomic mass is 9.68. The summed E-state index contributed by atoms with van der Waals surface area (Å²) in [5.74, 6) is -1.24. The van der Waals surface area contributed by atoms with Crippen LogP contribution in [0.5, 0.6) is 5.75 Å². The molecule has 222 valence electrons. The van der Waals surface area contributed by atoms with Gasteiger partial charge >= 0.3 is 5.97 Å². The van der Waals surface area contributed by atoms with Gasteiger partial charge in [0, 0.05) is 30.1 Å². The predicted octanol–water partition coefficient (Wildman–Crippen LogP) is 2.69. The van der Waals surface area contributed by atoms with E-state index < -0.39 is 28.0 Å². The van der Waals surface area contributed by atoms with Crippen LogP contribution in [0, 0.1) is 11.8 Å². The Balaban J connectivity index is 1.37. The molecule has 1 aliphatic heterocycles. The van der Waals surface area contributed by atoms with Gasteiger partial charge in [-0.1, -0.05) is 17.7 Å². The molecule has 1 amide bonds. The lowest BCUT2D eigenvalue weighted by Crippen LogP contribution is -2.50. The van der Waals surface area contributed by atoms with Crippen LogP contribution in [0.3, 0.4) is 0 Å². The highest BCUT2D eigenvalue weighted by molar-refractivity contribution is 7.89. The van der Waals surface area contributed by atoms with Crippen molar-refractivity contribution < 1.29 is 33.0 Å². The Hall–Kier alpha value is -2.86. The Morgan fingerprint density at radius 2 is 2.02 bits per heavy atom. The molecule has 0 aromatic heterocycles. The molecule has 1 heterocycles. The molecule has 2 aromatic carbocycles. The molecule has 1 saturated carbocycles. The van der Waals surface area contributed by atoms with Crippen molar-refractivity contribution in [2.45, 2.75) is 50.0 Å². The van der Waals surface area contributed by atoms with Gasteiger partial charge in [-0.2, -0.15) is 0 Å². The molecule has 1 fully saturated rings. The van der Waals surface area contributed by atoms with Crippen molar-refractivity contribution in [3.8, 4) is 5.75 Å². The first-order valence-electron chi connectivity index (χ1n) is 13.9. The summed E-state index contributed by atoms with van der Waals surface area (Å²) in [5.41, 5.74) is 2.97. The molecule has 3 aliphatic rings. The number of benzene rings is 2. The van der Waals surface area contributed by atoms with E-state index in [-0.39, 0.29) is 41.5 Å². The number of carboxylic acids is 1. The topological polar surface area (TPSA) is 159 Å². The Morgan fingerprint density at radius 1 is 1.22 bits per heavy atom. The second-order valence-corrected chi connectivity index (χ2v) is 13.8. The summed E-state index contributed by atoms with van der Waals surface area (Å²) < 4.78 is 28.6. The molecule has 12 heteroatoms. The van der Waals surface area contributed by atoms with Gasteiger partial charge in [-0.15, -0.1) is 0 Å². The number of carbonyl (C=O) groups is 2. The summed E-state index contributed by atoms with van der Waals surface area (Å²) in [7, 11) is -3.69. The number of hydrogen-bond donors (Lipinski definition) is 4. The number of primary sulfonamides is 1. The normalized spacial score (nSPS) is 24.3. The quantitative estimate of drug-likeness (QED) is 0.339. The van der Waals surface area contributed by atoms with Crippen LogP contribution in [0.1, 0.15) is 53.6 Å². The van der Waals surface area contributed by atoms with Crippen molar-refractivity contribution in [2.24, 2.45) is 17.0 Å². The summed E-state index contributed by atoms with van der Waals surface area (Å²) in [6.45, 7) is 1.53. The number of rotatable bonds is 9. The fraction of sp³-hybridized carbons (Fsp3) is 0.517. The van der Waals surface area contributed by atoms with E-state index in [0.29, 0.717) is 36.2 Å². The van der Waals surface area contributed by atoms with Crippen LogP contribution in [0.15, 0.2) is 36.4 Å². The minimum Gasteiger partial charge on any atom is -0.490 e. The van der Waals surface area contributed by atoms with E-state index in [1.807, 2.05) is 12.1 Å². The molecule has 2 aliphatic carbocycles. The fourth-order valence-corrected chi connectivity index (χ4v) is 7.19. The number of fused-ring (bicyclic) bond motifs is 3. The van der Waals surface area contributed by atoms with Crippen LogP contribution in [0.25, 0.3) is 0 Å². The summed E-state index contributed by atoms with van der Waals surface area (Å²) in [5, 5.41) is 28.8. The molecule has 4 atom stereocenters. The van der Waals surface area contributed by atoms with Gasteiger partial charge in [0.25, 0.3) is 0 Å². The Labute approximate surface area is 244 Å². The smallest absolute Gasteiger partial charge is 0.335 e. The van der Waals surface area contributed by atoms with Gasteiger partial charge in [0.2, 0.25) is 15.9 Å². The number of aliphatic hydroxyl groups is 1.